The van der Waals surface area contributed by atoms with Gasteiger partial charge in [-0.3, -0.25) is 0 Å². The minimum atomic E-state index is 0.872. The van der Waals surface area contributed by atoms with E-state index in [9.17, 15) is 0 Å². The molecule has 0 spiro atoms. The van der Waals surface area contributed by atoms with E-state index in [4.69, 9.17) is 0 Å². The highest BCUT2D eigenvalue weighted by atomic mass is 15.0. The van der Waals surface area contributed by atoms with E-state index in [0.717, 1.165) is 38.3 Å². The minimum Gasteiger partial charge on any atom is -0.314 e. The summed E-state index contributed by atoms with van der Waals surface area (Å²) in [5.41, 5.74) is 0. The Bertz CT molecular complexity index is 177. The van der Waals surface area contributed by atoms with Crippen LogP contribution in [0.5, 0.6) is 0 Å². The fourth-order valence-electron chi connectivity index (χ4n) is 3.48. The first-order valence-electron chi connectivity index (χ1n) is 8.62. The van der Waals surface area contributed by atoms with Crippen LogP contribution < -0.4 is 16.0 Å². The number of rotatable bonds is 2. The lowest BCUT2D eigenvalue weighted by atomic mass is 9.91. The Kier molecular flexibility index (Phi) is 7.82. The summed E-state index contributed by atoms with van der Waals surface area (Å²) in [5, 5.41) is 10.3. The molecule has 3 N–H and O–H groups in total. The average Bonchev–Trinajstić information content (AvgIpc) is 2.52. The molecule has 3 fully saturated rings. The van der Waals surface area contributed by atoms with Crippen molar-refractivity contribution in [3.8, 4) is 0 Å². The molecule has 0 radical (unpaired) electrons. The second-order valence-electron chi connectivity index (χ2n) is 6.34. The van der Waals surface area contributed by atoms with Crippen molar-refractivity contribution in [2.24, 2.45) is 0 Å². The van der Waals surface area contributed by atoms with Crippen LogP contribution in [0.1, 0.15) is 64.2 Å². The standard InChI is InChI=1S/C12H23N.C4H10N2/c1-3-7-11(8-4-1)13-12-9-5-2-6-10-12;1-2-6-4-3-5-1/h11-13H,1-10H2;5-6H,1-4H2. The zero-order valence-electron chi connectivity index (χ0n) is 12.6. The number of hydrogen-bond donors (Lipinski definition) is 3. The molecule has 1 saturated heterocycles. The monoisotopic (exact) mass is 267 g/mol. The van der Waals surface area contributed by atoms with Gasteiger partial charge in [0.1, 0.15) is 0 Å². The third-order valence-electron chi connectivity index (χ3n) is 4.64. The summed E-state index contributed by atoms with van der Waals surface area (Å²) < 4.78 is 0. The Hall–Kier alpha value is -0.120. The summed E-state index contributed by atoms with van der Waals surface area (Å²) in [5.74, 6) is 0. The highest BCUT2D eigenvalue weighted by Crippen LogP contribution is 2.22. The lowest BCUT2D eigenvalue weighted by molar-refractivity contribution is 0.291. The van der Waals surface area contributed by atoms with Crippen LogP contribution in [0.3, 0.4) is 0 Å². The van der Waals surface area contributed by atoms with Crippen molar-refractivity contribution in [1.82, 2.24) is 16.0 Å². The van der Waals surface area contributed by atoms with Crippen molar-refractivity contribution in [2.45, 2.75) is 76.3 Å². The molecule has 3 aliphatic rings. The second-order valence-corrected chi connectivity index (χ2v) is 6.34. The fraction of sp³-hybridized carbons (Fsp3) is 1.00. The van der Waals surface area contributed by atoms with Crippen molar-refractivity contribution < 1.29 is 0 Å². The molecule has 3 rings (SSSR count). The lowest BCUT2D eigenvalue weighted by Gasteiger charge is -2.30. The third-order valence-corrected chi connectivity index (χ3v) is 4.64. The second kappa shape index (κ2) is 9.73. The van der Waals surface area contributed by atoms with Gasteiger partial charge < -0.3 is 16.0 Å². The predicted molar refractivity (Wildman–Crippen MR) is 82.6 cm³/mol. The fourth-order valence-corrected chi connectivity index (χ4v) is 3.48. The maximum Gasteiger partial charge on any atom is 0.00772 e. The van der Waals surface area contributed by atoms with Crippen molar-refractivity contribution in [3.05, 3.63) is 0 Å². The van der Waals surface area contributed by atoms with Crippen molar-refractivity contribution in [2.75, 3.05) is 26.2 Å². The van der Waals surface area contributed by atoms with Gasteiger partial charge in [-0.2, -0.15) is 0 Å². The zero-order valence-corrected chi connectivity index (χ0v) is 12.6. The molecular weight excluding hydrogens is 234 g/mol. The first-order valence-corrected chi connectivity index (χ1v) is 8.62. The zero-order chi connectivity index (χ0) is 13.2. The van der Waals surface area contributed by atoms with E-state index in [0.29, 0.717) is 0 Å². The van der Waals surface area contributed by atoms with Crippen LogP contribution in [0.2, 0.25) is 0 Å². The smallest absolute Gasteiger partial charge is 0.00772 e. The van der Waals surface area contributed by atoms with Crippen LogP contribution in [0.15, 0.2) is 0 Å². The van der Waals surface area contributed by atoms with Crippen molar-refractivity contribution in [1.29, 1.82) is 0 Å². The third kappa shape index (κ3) is 6.73. The Morgan fingerprint density at radius 3 is 1.21 bits per heavy atom. The summed E-state index contributed by atoms with van der Waals surface area (Å²) >= 11 is 0. The quantitative estimate of drug-likeness (QED) is 0.719. The molecule has 0 aromatic carbocycles. The van der Waals surface area contributed by atoms with Gasteiger partial charge in [-0.15, -0.1) is 0 Å². The molecule has 0 amide bonds. The minimum absolute atomic E-state index is 0.872. The van der Waals surface area contributed by atoms with E-state index >= 15 is 0 Å². The van der Waals surface area contributed by atoms with Crippen molar-refractivity contribution in [3.63, 3.8) is 0 Å². The summed E-state index contributed by atoms with van der Waals surface area (Å²) in [4.78, 5) is 0. The lowest BCUT2D eigenvalue weighted by Crippen LogP contribution is -2.40. The summed E-state index contributed by atoms with van der Waals surface area (Å²) in [6, 6.07) is 1.74. The van der Waals surface area contributed by atoms with Crippen LogP contribution in [-0.4, -0.2) is 38.3 Å². The van der Waals surface area contributed by atoms with Gasteiger partial charge in [-0.05, 0) is 25.7 Å². The topological polar surface area (TPSA) is 36.1 Å². The molecule has 1 aliphatic heterocycles. The molecule has 0 aromatic rings. The number of hydrogen-bond acceptors (Lipinski definition) is 3. The van der Waals surface area contributed by atoms with Gasteiger partial charge in [0.05, 0.1) is 0 Å². The Balaban J connectivity index is 0.000000186. The molecule has 0 unspecified atom stereocenters. The first-order chi connectivity index (χ1) is 9.45. The summed E-state index contributed by atoms with van der Waals surface area (Å²) in [7, 11) is 0. The van der Waals surface area contributed by atoms with Gasteiger partial charge in [-0.1, -0.05) is 38.5 Å². The number of piperazine rings is 1. The van der Waals surface area contributed by atoms with Crippen molar-refractivity contribution >= 4 is 0 Å². The van der Waals surface area contributed by atoms with Gasteiger partial charge in [0, 0.05) is 38.3 Å². The van der Waals surface area contributed by atoms with E-state index in [1.54, 1.807) is 0 Å². The molecule has 0 aromatic heterocycles. The van der Waals surface area contributed by atoms with E-state index in [1.807, 2.05) is 0 Å². The van der Waals surface area contributed by atoms with Gasteiger partial charge >= 0.3 is 0 Å². The molecule has 2 aliphatic carbocycles. The molecule has 3 heteroatoms. The van der Waals surface area contributed by atoms with Crippen LogP contribution in [0, 0.1) is 0 Å². The van der Waals surface area contributed by atoms with E-state index in [2.05, 4.69) is 16.0 Å². The summed E-state index contributed by atoms with van der Waals surface area (Å²) in [6.07, 6.45) is 14.6. The normalized spacial score (nSPS) is 26.5. The maximum atomic E-state index is 3.86. The van der Waals surface area contributed by atoms with E-state index < -0.39 is 0 Å². The Morgan fingerprint density at radius 1 is 0.526 bits per heavy atom. The van der Waals surface area contributed by atoms with Gasteiger partial charge in [0.2, 0.25) is 0 Å². The SMILES string of the molecule is C1CCC(NC2CCCCC2)CC1.C1CNCCN1. The molecule has 0 atom stereocenters. The molecule has 0 bridgehead atoms. The number of nitrogens with one attached hydrogen (secondary N) is 3. The first kappa shape index (κ1) is 15.3. The Morgan fingerprint density at radius 2 is 0.895 bits per heavy atom. The van der Waals surface area contributed by atoms with E-state index in [-0.39, 0.29) is 0 Å². The van der Waals surface area contributed by atoms with Crippen LogP contribution in [0.25, 0.3) is 0 Å². The van der Waals surface area contributed by atoms with Gasteiger partial charge in [0.15, 0.2) is 0 Å². The average molecular weight is 267 g/mol. The molecule has 2 saturated carbocycles. The van der Waals surface area contributed by atoms with E-state index in [1.165, 1.54) is 64.2 Å². The summed E-state index contributed by atoms with van der Waals surface area (Å²) in [6.45, 7) is 4.56. The molecule has 3 nitrogen and oxygen atoms in total. The maximum absolute atomic E-state index is 3.86. The molecule has 112 valence electrons. The van der Waals surface area contributed by atoms with Crippen LogP contribution in [-0.2, 0) is 0 Å². The highest BCUT2D eigenvalue weighted by Gasteiger charge is 2.19. The molecule has 1 heterocycles. The molecular formula is C16H33N3. The Labute approximate surface area is 119 Å². The highest BCUT2D eigenvalue weighted by molar-refractivity contribution is 4.79. The van der Waals surface area contributed by atoms with Gasteiger partial charge in [0.25, 0.3) is 0 Å². The molecule has 19 heavy (non-hydrogen) atoms. The predicted octanol–water partition coefficient (Wildman–Crippen LogP) is 2.42. The van der Waals surface area contributed by atoms with Crippen LogP contribution in [0.4, 0.5) is 0 Å². The largest absolute Gasteiger partial charge is 0.314 e. The van der Waals surface area contributed by atoms with Gasteiger partial charge in [-0.25, -0.2) is 0 Å². The van der Waals surface area contributed by atoms with Crippen LogP contribution >= 0.6 is 0 Å².